The molecule has 0 atom stereocenters. The Kier molecular flexibility index (Phi) is 3.94. The van der Waals surface area contributed by atoms with Crippen LogP contribution in [0.1, 0.15) is 11.1 Å². The van der Waals surface area contributed by atoms with Gasteiger partial charge in [0, 0.05) is 0 Å². The van der Waals surface area contributed by atoms with Crippen molar-refractivity contribution in [2.45, 2.75) is 13.3 Å². The van der Waals surface area contributed by atoms with Gasteiger partial charge in [-0.15, -0.1) is 0 Å². The van der Waals surface area contributed by atoms with Crippen molar-refractivity contribution in [2.75, 3.05) is 0 Å². The molecule has 1 aromatic rings. The molecule has 0 heterocycles. The van der Waals surface area contributed by atoms with Crippen molar-refractivity contribution in [3.63, 3.8) is 0 Å². The molecule has 0 radical (unpaired) electrons. The Morgan fingerprint density at radius 1 is 1.36 bits per heavy atom. The van der Waals surface area contributed by atoms with Gasteiger partial charge in [-0.3, -0.25) is 0 Å². The van der Waals surface area contributed by atoms with Gasteiger partial charge in [-0.05, 0) is 18.1 Å². The van der Waals surface area contributed by atoms with E-state index in [1.165, 1.54) is 5.56 Å². The van der Waals surface area contributed by atoms with Gasteiger partial charge in [0.25, 0.3) is 0 Å². The van der Waals surface area contributed by atoms with E-state index in [1.807, 2.05) is 31.2 Å². The van der Waals surface area contributed by atoms with E-state index >= 15 is 0 Å². The molecule has 0 bridgehead atoms. The number of rotatable bonds is 1. The van der Waals surface area contributed by atoms with Crippen LogP contribution in [0.4, 0.5) is 0 Å². The predicted octanol–water partition coefficient (Wildman–Crippen LogP) is 1.24. The zero-order valence-electron chi connectivity index (χ0n) is 6.46. The first kappa shape index (κ1) is 9.67. The van der Waals surface area contributed by atoms with E-state index in [-0.39, 0.29) is 5.48 Å². The Morgan fingerprint density at radius 2 is 2.00 bits per heavy atom. The molecule has 2 N–H and O–H groups in total. The average molecular weight is 149 g/mol. The molecule has 0 amide bonds. The second-order valence-corrected chi connectivity index (χ2v) is 2.26. The first-order valence-corrected chi connectivity index (χ1v) is 3.26. The van der Waals surface area contributed by atoms with Gasteiger partial charge in [-0.2, -0.15) is 5.26 Å². The Balaban J connectivity index is 0.000001000. The van der Waals surface area contributed by atoms with Crippen LogP contribution in [0.2, 0.25) is 0 Å². The van der Waals surface area contributed by atoms with Gasteiger partial charge in [0.1, 0.15) is 0 Å². The second kappa shape index (κ2) is 4.48. The van der Waals surface area contributed by atoms with Crippen LogP contribution in [0.25, 0.3) is 0 Å². The van der Waals surface area contributed by atoms with E-state index in [9.17, 15) is 0 Å². The molecular weight excluding hydrogens is 138 g/mol. The lowest BCUT2D eigenvalue weighted by atomic mass is 10.1. The maximum absolute atomic E-state index is 8.39. The molecule has 58 valence electrons. The summed E-state index contributed by atoms with van der Waals surface area (Å²) >= 11 is 0. The SMILES string of the molecule is Cc1ccccc1CC#N.O. The average Bonchev–Trinajstić information content (AvgIpc) is 1.94. The van der Waals surface area contributed by atoms with Crippen LogP contribution in [0.3, 0.4) is 0 Å². The molecule has 2 heteroatoms. The third-order valence-corrected chi connectivity index (χ3v) is 1.53. The summed E-state index contributed by atoms with van der Waals surface area (Å²) in [7, 11) is 0. The number of nitriles is 1. The highest BCUT2D eigenvalue weighted by atomic mass is 16.0. The summed E-state index contributed by atoms with van der Waals surface area (Å²) in [6.07, 6.45) is 0.521. The second-order valence-electron chi connectivity index (χ2n) is 2.26. The summed E-state index contributed by atoms with van der Waals surface area (Å²) in [5.41, 5.74) is 2.33. The van der Waals surface area contributed by atoms with Gasteiger partial charge in [0.2, 0.25) is 0 Å². The number of benzene rings is 1. The van der Waals surface area contributed by atoms with Crippen LogP contribution >= 0.6 is 0 Å². The summed E-state index contributed by atoms with van der Waals surface area (Å²) in [5.74, 6) is 0. The Morgan fingerprint density at radius 3 is 2.55 bits per heavy atom. The number of nitrogens with zero attached hydrogens (tertiary/aromatic N) is 1. The Bertz CT molecular complexity index is 263. The molecule has 0 saturated carbocycles. The van der Waals surface area contributed by atoms with Crippen molar-refractivity contribution in [1.82, 2.24) is 0 Å². The lowest BCUT2D eigenvalue weighted by Crippen LogP contribution is -1.84. The lowest BCUT2D eigenvalue weighted by molar-refractivity contribution is 0.824. The minimum absolute atomic E-state index is 0. The Hall–Kier alpha value is -1.33. The molecule has 11 heavy (non-hydrogen) atoms. The lowest BCUT2D eigenvalue weighted by Gasteiger charge is -1.97. The van der Waals surface area contributed by atoms with E-state index in [0.29, 0.717) is 6.42 Å². The highest BCUT2D eigenvalue weighted by Gasteiger charge is 1.92. The van der Waals surface area contributed by atoms with Gasteiger partial charge in [0.15, 0.2) is 0 Å². The summed E-state index contributed by atoms with van der Waals surface area (Å²) < 4.78 is 0. The topological polar surface area (TPSA) is 55.3 Å². The van der Waals surface area contributed by atoms with Crippen molar-refractivity contribution < 1.29 is 5.48 Å². The molecule has 1 rings (SSSR count). The molecule has 0 aromatic heterocycles. The number of aryl methyl sites for hydroxylation is 1. The van der Waals surface area contributed by atoms with E-state index < -0.39 is 0 Å². The number of hydrogen-bond donors (Lipinski definition) is 0. The van der Waals surface area contributed by atoms with Crippen molar-refractivity contribution in [3.8, 4) is 6.07 Å². The number of hydrogen-bond acceptors (Lipinski definition) is 1. The molecule has 0 saturated heterocycles. The molecular formula is C9H11NO. The molecule has 2 nitrogen and oxygen atoms in total. The maximum atomic E-state index is 8.39. The first-order valence-electron chi connectivity index (χ1n) is 3.26. The van der Waals surface area contributed by atoms with Crippen molar-refractivity contribution in [1.29, 1.82) is 5.26 Å². The van der Waals surface area contributed by atoms with Crippen LogP contribution in [0.5, 0.6) is 0 Å². The molecule has 0 aliphatic rings. The first-order chi connectivity index (χ1) is 4.84. The molecule has 0 spiro atoms. The summed E-state index contributed by atoms with van der Waals surface area (Å²) in [5, 5.41) is 8.39. The van der Waals surface area contributed by atoms with Gasteiger partial charge in [0.05, 0.1) is 12.5 Å². The fourth-order valence-corrected chi connectivity index (χ4v) is 0.894. The van der Waals surface area contributed by atoms with Gasteiger partial charge >= 0.3 is 0 Å². The normalized spacial score (nSPS) is 8.00. The zero-order chi connectivity index (χ0) is 7.40. The molecule has 0 aliphatic carbocycles. The monoisotopic (exact) mass is 149 g/mol. The fourth-order valence-electron chi connectivity index (χ4n) is 0.894. The molecule has 0 aliphatic heterocycles. The third kappa shape index (κ3) is 2.40. The molecule has 1 aromatic carbocycles. The quantitative estimate of drug-likeness (QED) is 0.592. The smallest absolute Gasteiger partial charge is 0.0669 e. The largest absolute Gasteiger partial charge is 0.412 e. The minimum Gasteiger partial charge on any atom is -0.412 e. The highest BCUT2D eigenvalue weighted by Crippen LogP contribution is 2.06. The Labute approximate surface area is 66.4 Å². The van der Waals surface area contributed by atoms with Crippen LogP contribution < -0.4 is 0 Å². The minimum atomic E-state index is 0. The van der Waals surface area contributed by atoms with Gasteiger partial charge in [-0.25, -0.2) is 0 Å². The molecule has 0 unspecified atom stereocenters. The fraction of sp³-hybridized carbons (Fsp3) is 0.222. The third-order valence-electron chi connectivity index (χ3n) is 1.53. The van der Waals surface area contributed by atoms with Crippen LogP contribution in [-0.4, -0.2) is 5.48 Å². The summed E-state index contributed by atoms with van der Waals surface area (Å²) in [6.45, 7) is 2.02. The van der Waals surface area contributed by atoms with E-state index in [4.69, 9.17) is 5.26 Å². The summed E-state index contributed by atoms with van der Waals surface area (Å²) in [6, 6.07) is 10.1. The van der Waals surface area contributed by atoms with Crippen LogP contribution in [0, 0.1) is 18.3 Å². The summed E-state index contributed by atoms with van der Waals surface area (Å²) in [4.78, 5) is 0. The van der Waals surface area contributed by atoms with E-state index in [1.54, 1.807) is 0 Å². The van der Waals surface area contributed by atoms with Crippen LogP contribution in [-0.2, 0) is 6.42 Å². The van der Waals surface area contributed by atoms with Crippen molar-refractivity contribution in [2.24, 2.45) is 0 Å². The van der Waals surface area contributed by atoms with Crippen molar-refractivity contribution in [3.05, 3.63) is 35.4 Å². The standard InChI is InChI=1S/C9H9N.H2O/c1-8-4-2-3-5-9(8)6-7-10;/h2-5H,6H2,1H3;1H2. The van der Waals surface area contributed by atoms with Gasteiger partial charge < -0.3 is 5.48 Å². The predicted molar refractivity (Wildman–Crippen MR) is 44.1 cm³/mol. The zero-order valence-corrected chi connectivity index (χ0v) is 6.46. The van der Waals surface area contributed by atoms with Crippen molar-refractivity contribution >= 4 is 0 Å². The molecule has 0 fully saturated rings. The highest BCUT2D eigenvalue weighted by molar-refractivity contribution is 5.27. The van der Waals surface area contributed by atoms with E-state index in [2.05, 4.69) is 6.07 Å². The van der Waals surface area contributed by atoms with Crippen LogP contribution in [0.15, 0.2) is 24.3 Å². The van der Waals surface area contributed by atoms with E-state index in [0.717, 1.165) is 5.56 Å². The van der Waals surface area contributed by atoms with Gasteiger partial charge in [-0.1, -0.05) is 24.3 Å². The maximum Gasteiger partial charge on any atom is 0.0669 e.